The van der Waals surface area contributed by atoms with Crippen LogP contribution >= 0.6 is 0 Å². The second-order valence-corrected chi connectivity index (χ2v) is 3.87. The molecule has 94 valence electrons. The summed E-state index contributed by atoms with van der Waals surface area (Å²) in [6, 6.07) is 7.37. The highest BCUT2D eigenvalue weighted by Gasteiger charge is 2.15. The molecule has 0 saturated carbocycles. The van der Waals surface area contributed by atoms with Gasteiger partial charge in [-0.3, -0.25) is 0 Å². The fourth-order valence-electron chi connectivity index (χ4n) is 1.36. The molecule has 0 amide bonds. The van der Waals surface area contributed by atoms with Crippen molar-refractivity contribution in [1.29, 1.82) is 0 Å². The second kappa shape index (κ2) is 6.25. The van der Waals surface area contributed by atoms with Gasteiger partial charge in [0.15, 0.2) is 6.10 Å². The summed E-state index contributed by atoms with van der Waals surface area (Å²) in [5, 5.41) is 0. The van der Waals surface area contributed by atoms with Gasteiger partial charge in [0.1, 0.15) is 5.75 Å². The molecule has 1 rings (SSSR count). The first kappa shape index (κ1) is 13.5. The summed E-state index contributed by atoms with van der Waals surface area (Å²) < 4.78 is 10.3. The molecule has 2 atom stereocenters. The Morgan fingerprint density at radius 2 is 1.88 bits per heavy atom. The van der Waals surface area contributed by atoms with Gasteiger partial charge in [0.2, 0.25) is 0 Å². The van der Waals surface area contributed by atoms with Crippen LogP contribution in [0.1, 0.15) is 32.4 Å². The van der Waals surface area contributed by atoms with Crippen LogP contribution in [0.25, 0.3) is 0 Å². The maximum atomic E-state index is 11.4. The van der Waals surface area contributed by atoms with Gasteiger partial charge in [0.05, 0.1) is 6.61 Å². The quantitative estimate of drug-likeness (QED) is 0.796. The smallest absolute Gasteiger partial charge is 0.347 e. The van der Waals surface area contributed by atoms with E-state index in [2.05, 4.69) is 0 Å². The highest BCUT2D eigenvalue weighted by molar-refractivity contribution is 5.74. The van der Waals surface area contributed by atoms with Crippen LogP contribution in [0.15, 0.2) is 24.3 Å². The molecule has 0 aromatic heterocycles. The first-order chi connectivity index (χ1) is 8.04. The molecule has 0 aliphatic heterocycles. The molecule has 0 radical (unpaired) electrons. The van der Waals surface area contributed by atoms with Gasteiger partial charge in [-0.15, -0.1) is 0 Å². The maximum absolute atomic E-state index is 11.4. The number of ether oxygens (including phenoxy) is 2. The van der Waals surface area contributed by atoms with Crippen molar-refractivity contribution < 1.29 is 14.3 Å². The van der Waals surface area contributed by atoms with E-state index in [1.807, 2.05) is 19.1 Å². The van der Waals surface area contributed by atoms with Crippen molar-refractivity contribution in [3.05, 3.63) is 29.8 Å². The number of nitrogens with two attached hydrogens (primary N) is 1. The molecule has 0 bridgehead atoms. The molecule has 17 heavy (non-hydrogen) atoms. The Balaban J connectivity index is 2.60. The molecule has 0 spiro atoms. The summed E-state index contributed by atoms with van der Waals surface area (Å²) in [5.41, 5.74) is 6.77. The maximum Gasteiger partial charge on any atom is 0.347 e. The minimum atomic E-state index is -0.601. The Morgan fingerprint density at radius 1 is 1.29 bits per heavy atom. The Bertz CT molecular complexity index is 359. The molecule has 1 aromatic rings. The third kappa shape index (κ3) is 4.07. The summed E-state index contributed by atoms with van der Waals surface area (Å²) in [5.74, 6) is 0.277. The summed E-state index contributed by atoms with van der Waals surface area (Å²) in [6.07, 6.45) is -0.601. The van der Waals surface area contributed by atoms with Crippen molar-refractivity contribution >= 4 is 5.97 Å². The highest BCUT2D eigenvalue weighted by atomic mass is 16.6. The zero-order valence-corrected chi connectivity index (χ0v) is 10.5. The van der Waals surface area contributed by atoms with Crippen LogP contribution in [0.4, 0.5) is 0 Å². The van der Waals surface area contributed by atoms with Crippen LogP contribution < -0.4 is 10.5 Å². The van der Waals surface area contributed by atoms with E-state index in [-0.39, 0.29) is 12.0 Å². The standard InChI is InChI=1S/C13H19NO3/c1-4-16-13(15)10(3)17-12-7-5-11(6-8-12)9(2)14/h5-10H,4,14H2,1-3H3/t9-,10?/m0/s1. The SMILES string of the molecule is CCOC(=O)C(C)Oc1ccc([C@H](C)N)cc1. The molecule has 4 nitrogen and oxygen atoms in total. The van der Waals surface area contributed by atoms with Gasteiger partial charge >= 0.3 is 5.97 Å². The zero-order valence-electron chi connectivity index (χ0n) is 10.5. The Morgan fingerprint density at radius 3 is 2.35 bits per heavy atom. The molecule has 0 aliphatic carbocycles. The Kier molecular flexibility index (Phi) is 4.97. The fourth-order valence-corrected chi connectivity index (χ4v) is 1.36. The summed E-state index contributed by atoms with van der Waals surface area (Å²) >= 11 is 0. The van der Waals surface area contributed by atoms with Gasteiger partial charge in [0, 0.05) is 6.04 Å². The van der Waals surface area contributed by atoms with E-state index in [1.165, 1.54) is 0 Å². The number of rotatable bonds is 5. The number of hydrogen-bond acceptors (Lipinski definition) is 4. The lowest BCUT2D eigenvalue weighted by molar-refractivity contribution is -0.150. The van der Waals surface area contributed by atoms with Gasteiger partial charge in [-0.2, -0.15) is 0 Å². The molecule has 4 heteroatoms. The monoisotopic (exact) mass is 237 g/mol. The molecular weight excluding hydrogens is 218 g/mol. The molecule has 1 aromatic carbocycles. The van der Waals surface area contributed by atoms with Gasteiger partial charge < -0.3 is 15.2 Å². The Hall–Kier alpha value is -1.55. The van der Waals surface area contributed by atoms with Crippen LogP contribution in [0, 0.1) is 0 Å². The zero-order chi connectivity index (χ0) is 12.8. The molecule has 0 fully saturated rings. The third-order valence-electron chi connectivity index (χ3n) is 2.34. The predicted molar refractivity (Wildman–Crippen MR) is 65.8 cm³/mol. The van der Waals surface area contributed by atoms with Gasteiger partial charge in [-0.05, 0) is 38.5 Å². The van der Waals surface area contributed by atoms with E-state index in [0.717, 1.165) is 5.56 Å². The number of carbonyl (C=O) groups excluding carboxylic acids is 1. The Labute approximate surface area is 102 Å². The van der Waals surface area contributed by atoms with Crippen molar-refractivity contribution in [2.24, 2.45) is 5.73 Å². The molecule has 1 unspecified atom stereocenters. The van der Waals surface area contributed by atoms with Crippen molar-refractivity contribution in [2.45, 2.75) is 32.9 Å². The molecule has 0 heterocycles. The highest BCUT2D eigenvalue weighted by Crippen LogP contribution is 2.17. The summed E-state index contributed by atoms with van der Waals surface area (Å²) in [7, 11) is 0. The van der Waals surface area contributed by atoms with Crippen molar-refractivity contribution in [1.82, 2.24) is 0 Å². The predicted octanol–water partition coefficient (Wildman–Crippen LogP) is 2.04. The van der Waals surface area contributed by atoms with Gasteiger partial charge in [0.25, 0.3) is 0 Å². The largest absolute Gasteiger partial charge is 0.479 e. The molecule has 0 saturated heterocycles. The molecule has 2 N–H and O–H groups in total. The van der Waals surface area contributed by atoms with E-state index in [0.29, 0.717) is 12.4 Å². The average molecular weight is 237 g/mol. The number of hydrogen-bond donors (Lipinski definition) is 1. The van der Waals surface area contributed by atoms with E-state index in [4.69, 9.17) is 15.2 Å². The van der Waals surface area contributed by atoms with Gasteiger partial charge in [-0.1, -0.05) is 12.1 Å². The number of benzene rings is 1. The van der Waals surface area contributed by atoms with E-state index >= 15 is 0 Å². The van der Waals surface area contributed by atoms with E-state index < -0.39 is 6.10 Å². The lowest BCUT2D eigenvalue weighted by atomic mass is 10.1. The summed E-state index contributed by atoms with van der Waals surface area (Å²) in [6.45, 7) is 5.70. The topological polar surface area (TPSA) is 61.5 Å². The normalized spacial score (nSPS) is 13.9. The van der Waals surface area contributed by atoms with Crippen LogP contribution in [0.2, 0.25) is 0 Å². The van der Waals surface area contributed by atoms with E-state index in [1.54, 1.807) is 26.0 Å². The number of carbonyl (C=O) groups is 1. The lowest BCUT2D eigenvalue weighted by Gasteiger charge is -2.14. The van der Waals surface area contributed by atoms with Gasteiger partial charge in [-0.25, -0.2) is 4.79 Å². The van der Waals surface area contributed by atoms with Crippen molar-refractivity contribution in [3.8, 4) is 5.75 Å². The van der Waals surface area contributed by atoms with Crippen LogP contribution in [0.5, 0.6) is 5.75 Å². The summed E-state index contributed by atoms with van der Waals surface area (Å²) in [4.78, 5) is 11.4. The van der Waals surface area contributed by atoms with E-state index in [9.17, 15) is 4.79 Å². The minimum Gasteiger partial charge on any atom is -0.479 e. The second-order valence-electron chi connectivity index (χ2n) is 3.87. The molecular formula is C13H19NO3. The first-order valence-corrected chi connectivity index (χ1v) is 5.73. The molecule has 0 aliphatic rings. The average Bonchev–Trinajstić information content (AvgIpc) is 2.30. The first-order valence-electron chi connectivity index (χ1n) is 5.73. The van der Waals surface area contributed by atoms with Crippen LogP contribution in [-0.4, -0.2) is 18.7 Å². The third-order valence-corrected chi connectivity index (χ3v) is 2.34. The van der Waals surface area contributed by atoms with Crippen molar-refractivity contribution in [2.75, 3.05) is 6.61 Å². The fraction of sp³-hybridized carbons (Fsp3) is 0.462. The lowest BCUT2D eigenvalue weighted by Crippen LogP contribution is -2.26. The minimum absolute atomic E-state index is 0.00784. The van der Waals surface area contributed by atoms with Crippen LogP contribution in [0.3, 0.4) is 0 Å². The van der Waals surface area contributed by atoms with Crippen LogP contribution in [-0.2, 0) is 9.53 Å². The van der Waals surface area contributed by atoms with Crippen molar-refractivity contribution in [3.63, 3.8) is 0 Å². The number of esters is 1.